The fourth-order valence-corrected chi connectivity index (χ4v) is 2.37. The van der Waals surface area contributed by atoms with Gasteiger partial charge >= 0.3 is 0 Å². The van der Waals surface area contributed by atoms with Crippen LogP contribution in [0.25, 0.3) is 0 Å². The largest absolute Gasteiger partial charge is 0.493 e. The van der Waals surface area contributed by atoms with Crippen LogP contribution in [0.4, 0.5) is 0 Å². The molecule has 0 saturated heterocycles. The highest BCUT2D eigenvalue weighted by Crippen LogP contribution is 2.29. The Hall–Kier alpha value is -1.48. The van der Waals surface area contributed by atoms with Gasteiger partial charge in [-0.05, 0) is 36.1 Å². The molecule has 0 amide bonds. The summed E-state index contributed by atoms with van der Waals surface area (Å²) in [5, 5.41) is 0.817. The maximum Gasteiger partial charge on any atom is 0.161 e. The fraction of sp³-hybridized carbons (Fsp3) is 0.294. The molecule has 2 rings (SSSR count). The van der Waals surface area contributed by atoms with Crippen molar-refractivity contribution >= 4 is 15.9 Å². The van der Waals surface area contributed by atoms with Crippen LogP contribution in [-0.2, 0) is 11.8 Å². The van der Waals surface area contributed by atoms with E-state index in [1.54, 1.807) is 7.11 Å². The van der Waals surface area contributed by atoms with Gasteiger partial charge in [-0.25, -0.2) is 0 Å². The minimum atomic E-state index is 0.691. The first-order valence-corrected chi connectivity index (χ1v) is 7.85. The molecule has 0 radical (unpaired) electrons. The molecule has 0 bridgehead atoms. The smallest absolute Gasteiger partial charge is 0.161 e. The lowest BCUT2D eigenvalue weighted by molar-refractivity contribution is 0.289. The summed E-state index contributed by atoms with van der Waals surface area (Å²) in [6.07, 6.45) is 2.02. The zero-order valence-corrected chi connectivity index (χ0v) is 13.2. The lowest BCUT2D eigenvalue weighted by Crippen LogP contribution is -2.01. The number of hydrogen-bond donors (Lipinski definition) is 0. The van der Waals surface area contributed by atoms with E-state index < -0.39 is 0 Å². The molecule has 2 aromatic rings. The number of halogens is 1. The molecule has 0 unspecified atom stereocenters. The van der Waals surface area contributed by atoms with Gasteiger partial charge < -0.3 is 9.47 Å². The van der Waals surface area contributed by atoms with Crippen molar-refractivity contribution in [2.75, 3.05) is 13.7 Å². The molecule has 106 valence electrons. The highest BCUT2D eigenvalue weighted by Gasteiger charge is 2.05. The van der Waals surface area contributed by atoms with Gasteiger partial charge in [-0.3, -0.25) is 0 Å². The predicted molar refractivity (Wildman–Crippen MR) is 85.9 cm³/mol. The summed E-state index contributed by atoms with van der Waals surface area (Å²) in [5.74, 6) is 1.60. The van der Waals surface area contributed by atoms with Crippen LogP contribution in [0.2, 0.25) is 0 Å². The van der Waals surface area contributed by atoms with Gasteiger partial charge in [-0.2, -0.15) is 0 Å². The Morgan fingerprint density at radius 3 is 2.45 bits per heavy atom. The maximum atomic E-state index is 5.85. The Labute approximate surface area is 128 Å². The summed E-state index contributed by atoms with van der Waals surface area (Å²) in [7, 11) is 1.67. The second kappa shape index (κ2) is 7.95. The summed E-state index contributed by atoms with van der Waals surface area (Å²) >= 11 is 3.45. The van der Waals surface area contributed by atoms with Gasteiger partial charge in [0.2, 0.25) is 0 Å². The van der Waals surface area contributed by atoms with E-state index in [1.807, 2.05) is 24.3 Å². The van der Waals surface area contributed by atoms with E-state index >= 15 is 0 Å². The first kappa shape index (κ1) is 14.9. The summed E-state index contributed by atoms with van der Waals surface area (Å²) in [4.78, 5) is 0. The zero-order valence-electron chi connectivity index (χ0n) is 11.6. The Morgan fingerprint density at radius 1 is 0.950 bits per heavy atom. The van der Waals surface area contributed by atoms with Crippen LogP contribution in [0.15, 0.2) is 48.5 Å². The second-order valence-electron chi connectivity index (χ2n) is 4.56. The van der Waals surface area contributed by atoms with Crippen LogP contribution < -0.4 is 9.47 Å². The van der Waals surface area contributed by atoms with Gasteiger partial charge in [-0.15, -0.1) is 0 Å². The van der Waals surface area contributed by atoms with Gasteiger partial charge in [0, 0.05) is 5.33 Å². The van der Waals surface area contributed by atoms with Crippen LogP contribution in [-0.4, -0.2) is 13.7 Å². The number of aryl methyl sites for hydroxylation is 1. The van der Waals surface area contributed by atoms with Crippen LogP contribution in [0.5, 0.6) is 11.5 Å². The van der Waals surface area contributed by atoms with Crippen molar-refractivity contribution in [2.45, 2.75) is 18.2 Å². The third-order valence-electron chi connectivity index (χ3n) is 3.09. The molecule has 0 spiro atoms. The monoisotopic (exact) mass is 334 g/mol. The van der Waals surface area contributed by atoms with Crippen molar-refractivity contribution in [3.05, 3.63) is 59.7 Å². The third-order valence-corrected chi connectivity index (χ3v) is 3.74. The molecule has 2 aromatic carbocycles. The number of rotatable bonds is 7. The van der Waals surface area contributed by atoms with Gasteiger partial charge in [0.05, 0.1) is 13.7 Å². The van der Waals surface area contributed by atoms with Crippen LogP contribution >= 0.6 is 15.9 Å². The minimum Gasteiger partial charge on any atom is -0.493 e. The van der Waals surface area contributed by atoms with E-state index in [2.05, 4.69) is 40.2 Å². The van der Waals surface area contributed by atoms with Crippen molar-refractivity contribution in [2.24, 2.45) is 0 Å². The van der Waals surface area contributed by atoms with E-state index in [9.17, 15) is 0 Å². The first-order valence-electron chi connectivity index (χ1n) is 6.73. The number of benzene rings is 2. The predicted octanol–water partition coefficient (Wildman–Crippen LogP) is 4.60. The Kier molecular flexibility index (Phi) is 5.93. The van der Waals surface area contributed by atoms with Gasteiger partial charge in [0.25, 0.3) is 0 Å². The molecule has 0 aliphatic carbocycles. The summed E-state index contributed by atoms with van der Waals surface area (Å²) < 4.78 is 11.2. The van der Waals surface area contributed by atoms with Crippen molar-refractivity contribution in [3.8, 4) is 11.5 Å². The average Bonchev–Trinajstić information content (AvgIpc) is 2.52. The molecule has 20 heavy (non-hydrogen) atoms. The Balaban J connectivity index is 1.87. The van der Waals surface area contributed by atoms with Crippen LogP contribution in [0.1, 0.15) is 17.5 Å². The van der Waals surface area contributed by atoms with Crippen molar-refractivity contribution in [1.82, 2.24) is 0 Å². The van der Waals surface area contributed by atoms with Gasteiger partial charge in [-0.1, -0.05) is 52.3 Å². The van der Waals surface area contributed by atoms with E-state index in [4.69, 9.17) is 9.47 Å². The topological polar surface area (TPSA) is 18.5 Å². The molecule has 0 atom stereocenters. The molecule has 0 N–H and O–H groups in total. The maximum absolute atomic E-state index is 5.85. The molecule has 0 fully saturated rings. The van der Waals surface area contributed by atoms with E-state index in [1.165, 1.54) is 11.1 Å². The number of methoxy groups -OCH3 is 1. The van der Waals surface area contributed by atoms with Crippen molar-refractivity contribution < 1.29 is 9.47 Å². The molecule has 0 aromatic heterocycles. The molecular formula is C17H19BrO2. The third kappa shape index (κ3) is 4.27. The minimum absolute atomic E-state index is 0.691. The highest BCUT2D eigenvalue weighted by atomic mass is 79.9. The summed E-state index contributed by atoms with van der Waals surface area (Å²) in [6, 6.07) is 16.5. The molecule has 0 aliphatic heterocycles. The normalized spacial score (nSPS) is 10.3. The van der Waals surface area contributed by atoms with Crippen molar-refractivity contribution in [3.63, 3.8) is 0 Å². The standard InChI is InChI=1S/C17H19BrO2/c1-19-16-10-9-15(13-18)12-17(16)20-11-5-8-14-6-3-2-4-7-14/h2-4,6-7,9-10,12H,5,8,11,13H2,1H3. The molecule has 0 saturated carbocycles. The fourth-order valence-electron chi connectivity index (χ4n) is 2.02. The van der Waals surface area contributed by atoms with Crippen molar-refractivity contribution in [1.29, 1.82) is 0 Å². The van der Waals surface area contributed by atoms with Gasteiger partial charge in [0.15, 0.2) is 11.5 Å². The van der Waals surface area contributed by atoms with Crippen LogP contribution in [0.3, 0.4) is 0 Å². The Morgan fingerprint density at radius 2 is 1.75 bits per heavy atom. The van der Waals surface area contributed by atoms with E-state index in [0.29, 0.717) is 6.61 Å². The Bertz CT molecular complexity index is 526. The lowest BCUT2D eigenvalue weighted by atomic mass is 10.1. The van der Waals surface area contributed by atoms with E-state index in [0.717, 1.165) is 29.7 Å². The zero-order chi connectivity index (χ0) is 14.2. The van der Waals surface area contributed by atoms with Crippen LogP contribution in [0, 0.1) is 0 Å². The number of hydrogen-bond acceptors (Lipinski definition) is 2. The first-order chi connectivity index (χ1) is 9.83. The second-order valence-corrected chi connectivity index (χ2v) is 5.12. The number of ether oxygens (including phenoxy) is 2. The summed E-state index contributed by atoms with van der Waals surface area (Å²) in [5.41, 5.74) is 2.53. The molecule has 2 nitrogen and oxygen atoms in total. The number of alkyl halides is 1. The average molecular weight is 335 g/mol. The SMILES string of the molecule is COc1ccc(CBr)cc1OCCCc1ccccc1. The molecule has 3 heteroatoms. The van der Waals surface area contributed by atoms with Gasteiger partial charge in [0.1, 0.15) is 0 Å². The molecular weight excluding hydrogens is 316 g/mol. The summed E-state index contributed by atoms with van der Waals surface area (Å²) in [6.45, 7) is 0.691. The quantitative estimate of drug-likeness (QED) is 0.544. The van der Waals surface area contributed by atoms with E-state index in [-0.39, 0.29) is 0 Å². The highest BCUT2D eigenvalue weighted by molar-refractivity contribution is 9.08. The molecule has 0 aliphatic rings. The molecule has 0 heterocycles. The lowest BCUT2D eigenvalue weighted by Gasteiger charge is -2.11.